The molecular weight excluding hydrogens is 304 g/mol. The molecule has 2 bridgehead atoms. The maximum Gasteiger partial charge on any atom is 0.341 e. The van der Waals surface area contributed by atoms with Crippen LogP contribution in [-0.4, -0.2) is 36.4 Å². The van der Waals surface area contributed by atoms with Gasteiger partial charge < -0.3 is 5.11 Å². The summed E-state index contributed by atoms with van der Waals surface area (Å²) in [7, 11) is -4.14. The zero-order valence-corrected chi connectivity index (χ0v) is 11.7. The van der Waals surface area contributed by atoms with Crippen LogP contribution in [0.3, 0.4) is 0 Å². The van der Waals surface area contributed by atoms with Gasteiger partial charge in [0.1, 0.15) is 16.3 Å². The van der Waals surface area contributed by atoms with Crippen LogP contribution in [0.5, 0.6) is 0 Å². The van der Waals surface area contributed by atoms with E-state index in [0.717, 1.165) is 25.3 Å². The van der Waals surface area contributed by atoms with Gasteiger partial charge >= 0.3 is 5.97 Å². The highest BCUT2D eigenvalue weighted by Crippen LogP contribution is 2.41. The lowest BCUT2D eigenvalue weighted by atomic mass is 10.1. The van der Waals surface area contributed by atoms with E-state index in [2.05, 4.69) is 0 Å². The number of aromatic carboxylic acids is 1. The van der Waals surface area contributed by atoms with Crippen LogP contribution in [0.15, 0.2) is 17.0 Å². The number of carbonyl (C=O) groups is 1. The number of hydrogen-bond acceptors (Lipinski definition) is 3. The minimum absolute atomic E-state index is 0.169. The molecule has 114 valence electrons. The highest BCUT2D eigenvalue weighted by Gasteiger charge is 2.45. The maximum atomic E-state index is 14.1. The van der Waals surface area contributed by atoms with E-state index >= 15 is 0 Å². The minimum Gasteiger partial charge on any atom is -0.477 e. The maximum absolute atomic E-state index is 14.1. The topological polar surface area (TPSA) is 74.7 Å². The predicted octanol–water partition coefficient (Wildman–Crippen LogP) is 1.84. The zero-order valence-electron chi connectivity index (χ0n) is 10.9. The summed E-state index contributed by atoms with van der Waals surface area (Å²) in [6.45, 7) is 0.312. The Bertz CT molecular complexity index is 719. The van der Waals surface area contributed by atoms with E-state index in [1.165, 1.54) is 4.31 Å². The normalized spacial score (nSPS) is 25.4. The molecule has 8 heteroatoms. The lowest BCUT2D eigenvalue weighted by molar-refractivity contribution is 0.0685. The van der Waals surface area contributed by atoms with Gasteiger partial charge in [-0.05, 0) is 37.3 Å². The van der Waals surface area contributed by atoms with Gasteiger partial charge in [0.2, 0.25) is 10.0 Å². The van der Waals surface area contributed by atoms with Gasteiger partial charge in [-0.3, -0.25) is 0 Å². The second kappa shape index (κ2) is 4.74. The van der Waals surface area contributed by atoms with Gasteiger partial charge in [-0.2, -0.15) is 4.31 Å². The molecule has 2 atom stereocenters. The third-order valence-electron chi connectivity index (χ3n) is 4.22. The van der Waals surface area contributed by atoms with E-state index in [0.29, 0.717) is 12.6 Å². The molecule has 0 aromatic heterocycles. The Kier molecular flexibility index (Phi) is 3.25. The fraction of sp³-hybridized carbons (Fsp3) is 0.462. The summed E-state index contributed by atoms with van der Waals surface area (Å²) in [5.74, 6) is -4.38. The van der Waals surface area contributed by atoms with E-state index in [1.807, 2.05) is 0 Å². The van der Waals surface area contributed by atoms with Crippen molar-refractivity contribution in [2.45, 2.75) is 30.2 Å². The van der Waals surface area contributed by atoms with Gasteiger partial charge in [-0.25, -0.2) is 22.0 Å². The molecule has 1 aromatic carbocycles. The largest absolute Gasteiger partial charge is 0.477 e. The first-order chi connectivity index (χ1) is 9.82. The SMILES string of the molecule is O=C(O)c1c(F)ccc(S(=O)(=O)N2CC3CCC2C3)c1F. The molecule has 1 saturated carbocycles. The molecule has 5 nitrogen and oxygen atoms in total. The Labute approximate surface area is 120 Å². The third-order valence-corrected chi connectivity index (χ3v) is 6.15. The minimum atomic E-state index is -4.14. The van der Waals surface area contributed by atoms with E-state index in [-0.39, 0.29) is 12.0 Å². The number of nitrogens with zero attached hydrogens (tertiary/aromatic N) is 1. The summed E-state index contributed by atoms with van der Waals surface area (Å²) in [4.78, 5) is 10.1. The Balaban J connectivity index is 2.08. The first-order valence-corrected chi connectivity index (χ1v) is 7.99. The average Bonchev–Trinajstić information content (AvgIpc) is 3.00. The summed E-state index contributed by atoms with van der Waals surface area (Å²) in [5.41, 5.74) is -1.24. The van der Waals surface area contributed by atoms with Crippen LogP contribution in [0, 0.1) is 17.6 Å². The Morgan fingerprint density at radius 3 is 2.52 bits per heavy atom. The molecule has 1 aromatic rings. The predicted molar refractivity (Wildman–Crippen MR) is 68.3 cm³/mol. The van der Waals surface area contributed by atoms with Crippen molar-refractivity contribution >= 4 is 16.0 Å². The van der Waals surface area contributed by atoms with Crippen LogP contribution in [-0.2, 0) is 10.0 Å². The van der Waals surface area contributed by atoms with Crippen LogP contribution in [0.1, 0.15) is 29.6 Å². The average molecular weight is 317 g/mol. The van der Waals surface area contributed by atoms with Gasteiger partial charge in [-0.1, -0.05) is 0 Å². The Hall–Kier alpha value is -1.54. The number of piperidine rings is 1. The highest BCUT2D eigenvalue weighted by molar-refractivity contribution is 7.89. The molecule has 2 unspecified atom stereocenters. The standard InChI is InChI=1S/C13H13F2NO4S/c14-9-3-4-10(12(15)11(9)13(17)18)21(19,20)16-6-7-1-2-8(16)5-7/h3-4,7-8H,1-2,5-6H2,(H,17,18). The van der Waals surface area contributed by atoms with E-state index < -0.39 is 38.1 Å². The molecule has 2 fully saturated rings. The second-order valence-corrected chi connectivity index (χ2v) is 7.31. The zero-order chi connectivity index (χ0) is 15.4. The van der Waals surface area contributed by atoms with Crippen molar-refractivity contribution in [3.8, 4) is 0 Å². The summed E-state index contributed by atoms with van der Waals surface area (Å²) in [5, 5.41) is 8.82. The fourth-order valence-corrected chi connectivity index (χ4v) is 5.04. The van der Waals surface area contributed by atoms with Crippen molar-refractivity contribution in [1.82, 2.24) is 4.31 Å². The number of sulfonamides is 1. The number of carboxylic acids is 1. The molecule has 1 heterocycles. The number of hydrogen-bond donors (Lipinski definition) is 1. The summed E-state index contributed by atoms with van der Waals surface area (Å²) < 4.78 is 53.7. The quantitative estimate of drug-likeness (QED) is 0.923. The molecule has 1 aliphatic heterocycles. The number of benzene rings is 1. The fourth-order valence-electron chi connectivity index (χ4n) is 3.23. The van der Waals surface area contributed by atoms with Gasteiger partial charge in [0.25, 0.3) is 0 Å². The molecule has 0 amide bonds. The molecule has 2 aliphatic rings. The first kappa shape index (κ1) is 14.4. The number of carboxylic acid groups (broad SMARTS) is 1. The van der Waals surface area contributed by atoms with E-state index in [1.54, 1.807) is 0 Å². The lowest BCUT2D eigenvalue weighted by Crippen LogP contribution is -2.38. The lowest BCUT2D eigenvalue weighted by Gasteiger charge is -2.26. The Morgan fingerprint density at radius 2 is 2.00 bits per heavy atom. The molecule has 3 rings (SSSR count). The van der Waals surface area contributed by atoms with Crippen LogP contribution in [0.2, 0.25) is 0 Å². The van der Waals surface area contributed by atoms with Crippen LogP contribution >= 0.6 is 0 Å². The number of fused-ring (bicyclic) bond motifs is 2. The van der Waals surface area contributed by atoms with Crippen molar-refractivity contribution in [2.75, 3.05) is 6.54 Å². The molecule has 1 aliphatic carbocycles. The van der Waals surface area contributed by atoms with Gasteiger partial charge in [0, 0.05) is 12.6 Å². The molecule has 1 N–H and O–H groups in total. The molecular formula is C13H13F2NO4S. The van der Waals surface area contributed by atoms with Gasteiger partial charge in [0.05, 0.1) is 0 Å². The summed E-state index contributed by atoms with van der Waals surface area (Å²) in [6, 6.07) is 1.30. The Morgan fingerprint density at radius 1 is 1.29 bits per heavy atom. The van der Waals surface area contributed by atoms with Crippen molar-refractivity contribution in [3.63, 3.8) is 0 Å². The third kappa shape index (κ3) is 2.13. The molecule has 0 spiro atoms. The summed E-state index contributed by atoms with van der Waals surface area (Å²) >= 11 is 0. The monoisotopic (exact) mass is 317 g/mol. The smallest absolute Gasteiger partial charge is 0.341 e. The number of halogens is 2. The molecule has 1 saturated heterocycles. The second-order valence-electron chi connectivity index (χ2n) is 5.45. The van der Waals surface area contributed by atoms with E-state index in [9.17, 15) is 22.0 Å². The van der Waals surface area contributed by atoms with Gasteiger partial charge in [0.15, 0.2) is 5.82 Å². The van der Waals surface area contributed by atoms with Crippen molar-refractivity contribution in [1.29, 1.82) is 0 Å². The van der Waals surface area contributed by atoms with Gasteiger partial charge in [-0.15, -0.1) is 0 Å². The van der Waals surface area contributed by atoms with Crippen LogP contribution < -0.4 is 0 Å². The number of rotatable bonds is 3. The molecule has 0 radical (unpaired) electrons. The van der Waals surface area contributed by atoms with Crippen LogP contribution in [0.4, 0.5) is 8.78 Å². The van der Waals surface area contributed by atoms with Crippen molar-refractivity contribution in [3.05, 3.63) is 29.3 Å². The summed E-state index contributed by atoms with van der Waals surface area (Å²) in [6.07, 6.45) is 2.41. The van der Waals surface area contributed by atoms with Crippen molar-refractivity contribution in [2.24, 2.45) is 5.92 Å². The van der Waals surface area contributed by atoms with E-state index in [4.69, 9.17) is 5.11 Å². The molecule has 21 heavy (non-hydrogen) atoms. The first-order valence-electron chi connectivity index (χ1n) is 6.55. The van der Waals surface area contributed by atoms with Crippen molar-refractivity contribution < 1.29 is 27.1 Å². The van der Waals surface area contributed by atoms with Crippen LogP contribution in [0.25, 0.3) is 0 Å². The highest BCUT2D eigenvalue weighted by atomic mass is 32.2.